The maximum Gasteiger partial charge on any atom is 0.410 e. The zero-order valence-corrected chi connectivity index (χ0v) is 12.8. The Morgan fingerprint density at radius 3 is 2.40 bits per heavy atom. The Balaban J connectivity index is 1.94. The van der Waals surface area contributed by atoms with Crippen molar-refractivity contribution in [2.75, 3.05) is 13.1 Å². The molecule has 1 amide bonds. The number of hydrogen-bond acceptors (Lipinski definition) is 3. The normalized spacial score (nSPS) is 35.1. The van der Waals surface area contributed by atoms with Crippen LogP contribution in [-0.4, -0.2) is 41.9 Å². The van der Waals surface area contributed by atoms with Gasteiger partial charge in [0.1, 0.15) is 11.8 Å². The van der Waals surface area contributed by atoms with Gasteiger partial charge in [-0.05, 0) is 52.9 Å². The summed E-state index contributed by atoms with van der Waals surface area (Å²) in [5, 5.41) is 0. The Morgan fingerprint density at radius 2 is 1.90 bits per heavy atom. The van der Waals surface area contributed by atoms with E-state index in [0.717, 1.165) is 32.1 Å². The Kier molecular flexibility index (Phi) is 4.28. The van der Waals surface area contributed by atoms with Gasteiger partial charge in [-0.15, -0.1) is 0 Å². The van der Waals surface area contributed by atoms with E-state index in [1.165, 1.54) is 4.90 Å². The number of carbonyl (C=O) groups is 1. The summed E-state index contributed by atoms with van der Waals surface area (Å²) in [5.74, 6) is 0. The first-order chi connectivity index (χ1) is 9.22. The molecule has 116 valence electrons. The summed E-state index contributed by atoms with van der Waals surface area (Å²) in [6.07, 6.45) is 2.84. The summed E-state index contributed by atoms with van der Waals surface area (Å²) in [5.41, 5.74) is 5.12. The molecule has 2 N–H and O–H groups in total. The molecular formula is C15H27FN2O2. The maximum atomic E-state index is 14.6. The molecule has 1 heterocycles. The molecule has 0 bridgehead atoms. The van der Waals surface area contributed by atoms with E-state index in [9.17, 15) is 9.18 Å². The van der Waals surface area contributed by atoms with Gasteiger partial charge < -0.3 is 15.4 Å². The summed E-state index contributed by atoms with van der Waals surface area (Å²) >= 11 is 0. The lowest BCUT2D eigenvalue weighted by molar-refractivity contribution is -0.0359. The SMILES string of the molecule is CC(C)(C)OC(=O)N1CCC2(CCC(N)CC2)C(F)C1. The van der Waals surface area contributed by atoms with Gasteiger partial charge in [0.15, 0.2) is 0 Å². The zero-order chi connectivity index (χ0) is 15.0. The van der Waals surface area contributed by atoms with Crippen molar-refractivity contribution >= 4 is 6.09 Å². The number of likely N-dealkylation sites (tertiary alicyclic amines) is 1. The number of alkyl halides is 1. The third-order valence-electron chi connectivity index (χ3n) is 4.60. The van der Waals surface area contributed by atoms with Crippen molar-refractivity contribution in [1.82, 2.24) is 4.90 Å². The third kappa shape index (κ3) is 3.43. The van der Waals surface area contributed by atoms with Gasteiger partial charge in [-0.2, -0.15) is 0 Å². The van der Waals surface area contributed by atoms with Gasteiger partial charge in [0, 0.05) is 18.0 Å². The van der Waals surface area contributed by atoms with Crippen molar-refractivity contribution in [3.05, 3.63) is 0 Å². The van der Waals surface area contributed by atoms with E-state index in [-0.39, 0.29) is 18.0 Å². The van der Waals surface area contributed by atoms with E-state index in [4.69, 9.17) is 10.5 Å². The molecule has 2 aliphatic rings. The van der Waals surface area contributed by atoms with Gasteiger partial charge in [-0.1, -0.05) is 0 Å². The molecule has 1 spiro atoms. The van der Waals surface area contributed by atoms with Crippen LogP contribution in [0.4, 0.5) is 9.18 Å². The van der Waals surface area contributed by atoms with E-state index >= 15 is 0 Å². The summed E-state index contributed by atoms with van der Waals surface area (Å²) < 4.78 is 19.9. The molecule has 2 fully saturated rings. The average molecular weight is 286 g/mol. The minimum Gasteiger partial charge on any atom is -0.444 e. The lowest BCUT2D eigenvalue weighted by Crippen LogP contribution is -2.53. The molecule has 1 unspecified atom stereocenters. The maximum absolute atomic E-state index is 14.6. The second kappa shape index (κ2) is 5.51. The molecule has 0 aromatic carbocycles. The standard InChI is InChI=1S/C15H27FN2O2/c1-14(2,3)20-13(19)18-9-8-15(12(16)10-18)6-4-11(17)5-7-15/h11-12H,4-10,17H2,1-3H3. The van der Waals surface area contributed by atoms with Crippen molar-refractivity contribution in [2.45, 2.75) is 70.7 Å². The Labute approximate surface area is 120 Å². The largest absolute Gasteiger partial charge is 0.444 e. The zero-order valence-electron chi connectivity index (χ0n) is 12.8. The number of amides is 1. The lowest BCUT2D eigenvalue weighted by Gasteiger charge is -2.47. The predicted octanol–water partition coefficient (Wildman–Crippen LogP) is 2.85. The molecule has 0 radical (unpaired) electrons. The molecule has 5 heteroatoms. The van der Waals surface area contributed by atoms with Crippen molar-refractivity contribution in [1.29, 1.82) is 0 Å². The molecule has 1 saturated heterocycles. The van der Waals surface area contributed by atoms with Crippen LogP contribution in [0.1, 0.15) is 52.9 Å². The molecule has 1 atom stereocenters. The monoisotopic (exact) mass is 286 g/mol. The number of ether oxygens (including phenoxy) is 1. The summed E-state index contributed by atoms with van der Waals surface area (Å²) in [6, 6.07) is 0.219. The van der Waals surface area contributed by atoms with Crippen LogP contribution in [-0.2, 0) is 4.74 Å². The van der Waals surface area contributed by atoms with E-state index in [2.05, 4.69) is 0 Å². The highest BCUT2D eigenvalue weighted by atomic mass is 19.1. The second-order valence-corrected chi connectivity index (χ2v) is 7.34. The van der Waals surface area contributed by atoms with E-state index in [1.54, 1.807) is 0 Å². The molecule has 1 aliphatic carbocycles. The van der Waals surface area contributed by atoms with Crippen molar-refractivity contribution in [3.63, 3.8) is 0 Å². The smallest absolute Gasteiger partial charge is 0.410 e. The van der Waals surface area contributed by atoms with E-state index in [1.807, 2.05) is 20.8 Å². The first-order valence-corrected chi connectivity index (χ1v) is 7.59. The molecule has 1 aliphatic heterocycles. The van der Waals surface area contributed by atoms with Crippen molar-refractivity contribution < 1.29 is 13.9 Å². The third-order valence-corrected chi connectivity index (χ3v) is 4.60. The number of rotatable bonds is 0. The molecule has 0 aromatic heterocycles. The summed E-state index contributed by atoms with van der Waals surface area (Å²) in [6.45, 7) is 6.22. The first-order valence-electron chi connectivity index (χ1n) is 7.59. The molecule has 0 aromatic rings. The van der Waals surface area contributed by atoms with Crippen LogP contribution in [0, 0.1) is 5.41 Å². The van der Waals surface area contributed by atoms with Gasteiger partial charge in [-0.3, -0.25) is 0 Å². The van der Waals surface area contributed by atoms with Crippen molar-refractivity contribution in [2.24, 2.45) is 11.1 Å². The Morgan fingerprint density at radius 1 is 1.30 bits per heavy atom. The van der Waals surface area contributed by atoms with Gasteiger partial charge in [-0.25, -0.2) is 9.18 Å². The van der Waals surface area contributed by atoms with Crippen LogP contribution in [0.15, 0.2) is 0 Å². The minimum atomic E-state index is -0.962. The van der Waals surface area contributed by atoms with Crippen molar-refractivity contribution in [3.8, 4) is 0 Å². The topological polar surface area (TPSA) is 55.6 Å². The number of nitrogens with two attached hydrogens (primary N) is 1. The fourth-order valence-corrected chi connectivity index (χ4v) is 3.26. The quantitative estimate of drug-likeness (QED) is 0.745. The van der Waals surface area contributed by atoms with Crippen LogP contribution >= 0.6 is 0 Å². The number of nitrogens with zero attached hydrogens (tertiary/aromatic N) is 1. The van der Waals surface area contributed by atoms with Gasteiger partial charge >= 0.3 is 6.09 Å². The highest BCUT2D eigenvalue weighted by Gasteiger charge is 2.46. The first kappa shape index (κ1) is 15.5. The Bertz CT molecular complexity index is 359. The second-order valence-electron chi connectivity index (χ2n) is 7.34. The minimum absolute atomic E-state index is 0.157. The van der Waals surface area contributed by atoms with Crippen LogP contribution < -0.4 is 5.73 Å². The molecule has 4 nitrogen and oxygen atoms in total. The van der Waals surface area contributed by atoms with Crippen LogP contribution in [0.3, 0.4) is 0 Å². The summed E-state index contributed by atoms with van der Waals surface area (Å²) in [7, 11) is 0. The van der Waals surface area contributed by atoms with Crippen LogP contribution in [0.25, 0.3) is 0 Å². The molecule has 2 rings (SSSR count). The van der Waals surface area contributed by atoms with Gasteiger partial charge in [0.05, 0.1) is 6.54 Å². The molecule has 1 saturated carbocycles. The van der Waals surface area contributed by atoms with Gasteiger partial charge in [0.25, 0.3) is 0 Å². The molecular weight excluding hydrogens is 259 g/mol. The number of halogens is 1. The van der Waals surface area contributed by atoms with E-state index in [0.29, 0.717) is 6.54 Å². The fraction of sp³-hybridized carbons (Fsp3) is 0.933. The van der Waals surface area contributed by atoms with Gasteiger partial charge in [0.2, 0.25) is 0 Å². The summed E-state index contributed by atoms with van der Waals surface area (Å²) in [4.78, 5) is 13.5. The Hall–Kier alpha value is -0.840. The number of carbonyl (C=O) groups excluding carboxylic acids is 1. The van der Waals surface area contributed by atoms with E-state index < -0.39 is 17.9 Å². The highest BCUT2D eigenvalue weighted by molar-refractivity contribution is 5.68. The lowest BCUT2D eigenvalue weighted by atomic mass is 9.66. The molecule has 20 heavy (non-hydrogen) atoms. The number of piperidine rings is 1. The highest BCUT2D eigenvalue weighted by Crippen LogP contribution is 2.45. The number of hydrogen-bond donors (Lipinski definition) is 1. The predicted molar refractivity (Wildman–Crippen MR) is 76.2 cm³/mol. The van der Waals surface area contributed by atoms with Crippen LogP contribution in [0.5, 0.6) is 0 Å². The fourth-order valence-electron chi connectivity index (χ4n) is 3.26. The average Bonchev–Trinajstić information content (AvgIpc) is 2.34. The van der Waals surface area contributed by atoms with Crippen LogP contribution in [0.2, 0.25) is 0 Å².